The van der Waals surface area contributed by atoms with Crippen LogP contribution in [0.1, 0.15) is 19.3 Å². The molecular weight excluding hydrogens is 156 g/mol. The molecular formula is C13H16. The first-order valence-electron chi connectivity index (χ1n) is 4.82. The van der Waals surface area contributed by atoms with Crippen molar-refractivity contribution in [2.45, 2.75) is 19.3 Å². The number of hydrogen-bond donors (Lipinski definition) is 0. The van der Waals surface area contributed by atoms with E-state index in [1.807, 2.05) is 24.3 Å². The van der Waals surface area contributed by atoms with Crippen LogP contribution < -0.4 is 0 Å². The Balaban J connectivity index is 2.51. The van der Waals surface area contributed by atoms with Gasteiger partial charge in [-0.15, -0.1) is 0 Å². The van der Waals surface area contributed by atoms with E-state index in [1.54, 1.807) is 0 Å². The molecule has 13 heavy (non-hydrogen) atoms. The van der Waals surface area contributed by atoms with Gasteiger partial charge in [0.15, 0.2) is 0 Å². The predicted molar refractivity (Wildman–Crippen MR) is 59.6 cm³/mol. The summed E-state index contributed by atoms with van der Waals surface area (Å²) in [6.45, 7) is 0. The van der Waals surface area contributed by atoms with Gasteiger partial charge in [0.25, 0.3) is 0 Å². The van der Waals surface area contributed by atoms with Gasteiger partial charge in [0.1, 0.15) is 0 Å². The molecule has 0 N–H and O–H groups in total. The van der Waals surface area contributed by atoms with Crippen LogP contribution >= 0.6 is 0 Å². The van der Waals surface area contributed by atoms with E-state index in [0.717, 1.165) is 0 Å². The van der Waals surface area contributed by atoms with E-state index in [2.05, 4.69) is 36.5 Å². The van der Waals surface area contributed by atoms with Crippen molar-refractivity contribution in [1.29, 1.82) is 0 Å². The lowest BCUT2D eigenvalue weighted by Crippen LogP contribution is -1.67. The van der Waals surface area contributed by atoms with Gasteiger partial charge in [-0.2, -0.15) is 0 Å². The van der Waals surface area contributed by atoms with Crippen LogP contribution in [0.2, 0.25) is 0 Å². The quantitative estimate of drug-likeness (QED) is 0.519. The van der Waals surface area contributed by atoms with Crippen molar-refractivity contribution in [3.8, 4) is 0 Å². The van der Waals surface area contributed by atoms with Crippen molar-refractivity contribution in [2.75, 3.05) is 0 Å². The smallest absolute Gasteiger partial charge is 0.0345 e. The van der Waals surface area contributed by atoms with Gasteiger partial charge in [-0.05, 0) is 19.3 Å². The Morgan fingerprint density at radius 3 is 1.31 bits per heavy atom. The monoisotopic (exact) mass is 172 g/mol. The summed E-state index contributed by atoms with van der Waals surface area (Å²) >= 11 is 0. The molecule has 0 aromatic carbocycles. The standard InChI is InChI=1S/C13H16/c1-2-4-6-8-10-12-13-11-9-7-5-3-1/h1-10H,11-13H2/b2-1-,5-3+,6-4+,9-7-,10-8+. The largest absolute Gasteiger partial charge is 0.0845 e. The molecule has 0 fully saturated rings. The highest BCUT2D eigenvalue weighted by molar-refractivity contribution is 5.18. The highest BCUT2D eigenvalue weighted by Gasteiger charge is 1.78. The second kappa shape index (κ2) is 7.35. The molecule has 0 spiro atoms. The fraction of sp³-hybridized carbons (Fsp3) is 0.231. The molecule has 0 heteroatoms. The first-order valence-corrected chi connectivity index (χ1v) is 4.82. The van der Waals surface area contributed by atoms with Gasteiger partial charge in [-0.1, -0.05) is 60.8 Å². The minimum Gasteiger partial charge on any atom is -0.0845 e. The summed E-state index contributed by atoms with van der Waals surface area (Å²) in [4.78, 5) is 0. The van der Waals surface area contributed by atoms with Gasteiger partial charge in [0.2, 0.25) is 0 Å². The third-order valence-electron chi connectivity index (χ3n) is 1.79. The van der Waals surface area contributed by atoms with Crippen LogP contribution in [0, 0.1) is 0 Å². The van der Waals surface area contributed by atoms with E-state index < -0.39 is 0 Å². The molecule has 0 aliphatic heterocycles. The van der Waals surface area contributed by atoms with Gasteiger partial charge < -0.3 is 0 Å². The second-order valence-corrected chi connectivity index (χ2v) is 2.94. The summed E-state index contributed by atoms with van der Waals surface area (Å²) in [6.07, 6.45) is 24.5. The minimum absolute atomic E-state index is 1.17. The van der Waals surface area contributed by atoms with Crippen LogP contribution in [0.15, 0.2) is 60.8 Å². The Morgan fingerprint density at radius 1 is 0.462 bits per heavy atom. The van der Waals surface area contributed by atoms with Gasteiger partial charge in [-0.3, -0.25) is 0 Å². The molecule has 0 radical (unpaired) electrons. The van der Waals surface area contributed by atoms with Crippen molar-refractivity contribution in [2.24, 2.45) is 0 Å². The maximum absolute atomic E-state index is 2.21. The van der Waals surface area contributed by atoms with Crippen molar-refractivity contribution in [1.82, 2.24) is 0 Å². The zero-order chi connectivity index (χ0) is 9.19. The average Bonchev–Trinajstić information content (AvgIpc) is 2.18. The molecule has 0 saturated carbocycles. The highest BCUT2D eigenvalue weighted by Crippen LogP contribution is 1.99. The molecule has 0 atom stereocenters. The van der Waals surface area contributed by atoms with Crippen LogP contribution in [0.4, 0.5) is 0 Å². The average molecular weight is 172 g/mol. The third-order valence-corrected chi connectivity index (χ3v) is 1.79. The number of rotatable bonds is 0. The molecule has 0 nitrogen and oxygen atoms in total. The maximum Gasteiger partial charge on any atom is -0.0345 e. The van der Waals surface area contributed by atoms with Gasteiger partial charge >= 0.3 is 0 Å². The topological polar surface area (TPSA) is 0 Å². The molecule has 0 heterocycles. The zero-order valence-corrected chi connectivity index (χ0v) is 7.89. The molecule has 0 unspecified atom stereocenters. The Bertz CT molecular complexity index is 223. The summed E-state index contributed by atoms with van der Waals surface area (Å²) < 4.78 is 0. The summed E-state index contributed by atoms with van der Waals surface area (Å²) in [6, 6.07) is 0. The first-order chi connectivity index (χ1) is 6.50. The van der Waals surface area contributed by atoms with E-state index in [0.29, 0.717) is 0 Å². The van der Waals surface area contributed by atoms with Crippen LogP contribution in [0.5, 0.6) is 0 Å². The van der Waals surface area contributed by atoms with E-state index in [9.17, 15) is 0 Å². The Kier molecular flexibility index (Phi) is 5.54. The van der Waals surface area contributed by atoms with Crippen LogP contribution in [-0.4, -0.2) is 0 Å². The fourth-order valence-corrected chi connectivity index (χ4v) is 1.09. The lowest BCUT2D eigenvalue weighted by Gasteiger charge is -1.87. The molecule has 1 aliphatic rings. The van der Waals surface area contributed by atoms with Crippen LogP contribution in [0.25, 0.3) is 0 Å². The second-order valence-electron chi connectivity index (χ2n) is 2.94. The molecule has 1 rings (SSSR count). The predicted octanol–water partition coefficient (Wildman–Crippen LogP) is 3.95. The maximum atomic E-state index is 2.21. The Labute approximate surface area is 80.7 Å². The summed E-state index contributed by atoms with van der Waals surface area (Å²) in [5.74, 6) is 0. The normalized spacial score (nSPS) is 30.2. The van der Waals surface area contributed by atoms with Crippen molar-refractivity contribution in [3.63, 3.8) is 0 Å². The minimum atomic E-state index is 1.17. The van der Waals surface area contributed by atoms with Crippen molar-refractivity contribution in [3.05, 3.63) is 60.8 Å². The fourth-order valence-electron chi connectivity index (χ4n) is 1.09. The molecule has 0 saturated heterocycles. The Morgan fingerprint density at radius 2 is 0.846 bits per heavy atom. The van der Waals surface area contributed by atoms with Crippen molar-refractivity contribution < 1.29 is 0 Å². The van der Waals surface area contributed by atoms with Gasteiger partial charge in [0.05, 0.1) is 0 Å². The third kappa shape index (κ3) is 5.92. The highest BCUT2D eigenvalue weighted by atomic mass is 13.8. The lowest BCUT2D eigenvalue weighted by molar-refractivity contribution is 0.868. The SMILES string of the molecule is C1=C\C=C\C=C\CCC\C=C/C=C/1. The van der Waals surface area contributed by atoms with Gasteiger partial charge in [-0.25, -0.2) is 0 Å². The van der Waals surface area contributed by atoms with E-state index >= 15 is 0 Å². The zero-order valence-electron chi connectivity index (χ0n) is 7.89. The van der Waals surface area contributed by atoms with E-state index in [-0.39, 0.29) is 0 Å². The van der Waals surface area contributed by atoms with Crippen molar-refractivity contribution >= 4 is 0 Å². The molecule has 0 bridgehead atoms. The molecule has 0 aromatic heterocycles. The summed E-state index contributed by atoms with van der Waals surface area (Å²) in [5.41, 5.74) is 0. The van der Waals surface area contributed by atoms with E-state index in [1.165, 1.54) is 19.3 Å². The lowest BCUT2D eigenvalue weighted by atomic mass is 10.2. The number of allylic oxidation sites excluding steroid dienone is 10. The van der Waals surface area contributed by atoms with Crippen LogP contribution in [0.3, 0.4) is 0 Å². The molecule has 0 amide bonds. The summed E-state index contributed by atoms with van der Waals surface area (Å²) in [5, 5.41) is 0. The molecule has 1 aliphatic carbocycles. The molecule has 68 valence electrons. The number of hydrogen-bond acceptors (Lipinski definition) is 0. The van der Waals surface area contributed by atoms with Gasteiger partial charge in [0, 0.05) is 0 Å². The van der Waals surface area contributed by atoms with Crippen LogP contribution in [-0.2, 0) is 0 Å². The molecule has 0 aromatic rings. The first kappa shape index (κ1) is 9.79. The Hall–Kier alpha value is -1.30. The summed E-state index contributed by atoms with van der Waals surface area (Å²) in [7, 11) is 0. The van der Waals surface area contributed by atoms with E-state index in [4.69, 9.17) is 0 Å².